The molecule has 0 bridgehead atoms. The third-order valence-corrected chi connectivity index (χ3v) is 3.64. The summed E-state index contributed by atoms with van der Waals surface area (Å²) in [7, 11) is 1.61. The number of carboxylic acid groups (broad SMARTS) is 1. The molecule has 0 amide bonds. The number of ether oxygens (including phenoxy) is 1. The Morgan fingerprint density at radius 2 is 1.90 bits per heavy atom. The third-order valence-electron chi connectivity index (χ3n) is 3.64. The van der Waals surface area contributed by atoms with Crippen molar-refractivity contribution in [1.29, 1.82) is 0 Å². The maximum absolute atomic E-state index is 11.6. The Hall–Kier alpha value is -2.49. The molecule has 2 aromatic carbocycles. The van der Waals surface area contributed by atoms with E-state index in [4.69, 9.17) is 4.74 Å². The number of benzene rings is 2. The molecule has 1 atom stereocenters. The quantitative estimate of drug-likeness (QED) is 0.930. The molecular formula is C16H15NO3. The average molecular weight is 269 g/mol. The maximum Gasteiger partial charge on any atom is 0.331 e. The van der Waals surface area contributed by atoms with E-state index in [1.165, 1.54) is 0 Å². The van der Waals surface area contributed by atoms with Gasteiger partial charge in [0.1, 0.15) is 5.75 Å². The predicted molar refractivity (Wildman–Crippen MR) is 76.0 cm³/mol. The van der Waals surface area contributed by atoms with Crippen LogP contribution in [0.1, 0.15) is 17.2 Å². The lowest BCUT2D eigenvalue weighted by Crippen LogP contribution is -2.27. The SMILES string of the molecule is COc1ccc(N2Cc3ccccc3C2C(=O)O)cc1. The fraction of sp³-hybridized carbons (Fsp3) is 0.188. The second kappa shape index (κ2) is 4.89. The molecule has 0 saturated carbocycles. The summed E-state index contributed by atoms with van der Waals surface area (Å²) in [5.74, 6) is -0.0666. The number of hydrogen-bond donors (Lipinski definition) is 1. The monoisotopic (exact) mass is 269 g/mol. The van der Waals surface area contributed by atoms with Crippen LogP contribution in [0.3, 0.4) is 0 Å². The van der Waals surface area contributed by atoms with Crippen LogP contribution in [0.2, 0.25) is 0 Å². The molecule has 0 aromatic heterocycles. The fourth-order valence-corrected chi connectivity index (χ4v) is 2.67. The Labute approximate surface area is 117 Å². The molecule has 102 valence electrons. The van der Waals surface area contributed by atoms with Crippen molar-refractivity contribution in [1.82, 2.24) is 0 Å². The van der Waals surface area contributed by atoms with Gasteiger partial charge in [0.15, 0.2) is 6.04 Å². The van der Waals surface area contributed by atoms with Crippen LogP contribution < -0.4 is 9.64 Å². The van der Waals surface area contributed by atoms with E-state index in [1.54, 1.807) is 7.11 Å². The highest BCUT2D eigenvalue weighted by Gasteiger charge is 2.35. The highest BCUT2D eigenvalue weighted by atomic mass is 16.5. The van der Waals surface area contributed by atoms with E-state index in [0.717, 1.165) is 22.6 Å². The van der Waals surface area contributed by atoms with Gasteiger partial charge in [0, 0.05) is 12.2 Å². The van der Waals surface area contributed by atoms with Crippen molar-refractivity contribution in [3.63, 3.8) is 0 Å². The normalized spacial score (nSPS) is 16.9. The zero-order valence-electron chi connectivity index (χ0n) is 11.1. The summed E-state index contributed by atoms with van der Waals surface area (Å²) in [6, 6.07) is 14.5. The number of carboxylic acids is 1. The van der Waals surface area contributed by atoms with Crippen LogP contribution in [0, 0.1) is 0 Å². The molecule has 1 aliphatic rings. The van der Waals surface area contributed by atoms with Gasteiger partial charge < -0.3 is 14.7 Å². The van der Waals surface area contributed by atoms with Gasteiger partial charge in [-0.3, -0.25) is 0 Å². The Morgan fingerprint density at radius 1 is 1.20 bits per heavy atom. The van der Waals surface area contributed by atoms with Crippen LogP contribution in [0.4, 0.5) is 5.69 Å². The maximum atomic E-state index is 11.6. The zero-order valence-corrected chi connectivity index (χ0v) is 11.1. The Bertz CT molecular complexity index is 636. The predicted octanol–water partition coefficient (Wildman–Crippen LogP) is 2.84. The first kappa shape index (κ1) is 12.5. The van der Waals surface area contributed by atoms with Gasteiger partial charge in [0.2, 0.25) is 0 Å². The largest absolute Gasteiger partial charge is 0.497 e. The molecule has 1 aliphatic heterocycles. The van der Waals surface area contributed by atoms with Crippen LogP contribution in [-0.2, 0) is 11.3 Å². The van der Waals surface area contributed by atoms with Gasteiger partial charge in [-0.1, -0.05) is 24.3 Å². The Morgan fingerprint density at radius 3 is 2.55 bits per heavy atom. The van der Waals surface area contributed by atoms with E-state index < -0.39 is 12.0 Å². The van der Waals surface area contributed by atoms with Gasteiger partial charge in [-0.2, -0.15) is 0 Å². The second-order valence-corrected chi connectivity index (χ2v) is 4.77. The average Bonchev–Trinajstić information content (AvgIpc) is 2.86. The van der Waals surface area contributed by atoms with Gasteiger partial charge in [-0.05, 0) is 35.4 Å². The summed E-state index contributed by atoms with van der Waals surface area (Å²) in [5.41, 5.74) is 2.82. The van der Waals surface area contributed by atoms with E-state index >= 15 is 0 Å². The van der Waals surface area contributed by atoms with Crippen molar-refractivity contribution in [2.45, 2.75) is 12.6 Å². The number of fused-ring (bicyclic) bond motifs is 1. The van der Waals surface area contributed by atoms with E-state index in [-0.39, 0.29) is 0 Å². The lowest BCUT2D eigenvalue weighted by atomic mass is 10.1. The van der Waals surface area contributed by atoms with Gasteiger partial charge in [0.25, 0.3) is 0 Å². The van der Waals surface area contributed by atoms with Crippen molar-refractivity contribution in [3.8, 4) is 5.75 Å². The molecule has 0 aliphatic carbocycles. The van der Waals surface area contributed by atoms with E-state index in [9.17, 15) is 9.90 Å². The van der Waals surface area contributed by atoms with Crippen LogP contribution in [0.5, 0.6) is 5.75 Å². The van der Waals surface area contributed by atoms with Crippen LogP contribution in [0.25, 0.3) is 0 Å². The molecule has 0 fully saturated rings. The lowest BCUT2D eigenvalue weighted by Gasteiger charge is -2.24. The number of methoxy groups -OCH3 is 1. The molecule has 0 spiro atoms. The Balaban J connectivity index is 1.99. The highest BCUT2D eigenvalue weighted by molar-refractivity contribution is 5.82. The first-order valence-electron chi connectivity index (χ1n) is 6.42. The van der Waals surface area contributed by atoms with Crippen molar-refractivity contribution in [3.05, 3.63) is 59.7 Å². The Kier molecular flexibility index (Phi) is 3.06. The van der Waals surface area contributed by atoms with Crippen LogP contribution >= 0.6 is 0 Å². The van der Waals surface area contributed by atoms with E-state index in [2.05, 4.69) is 0 Å². The third kappa shape index (κ3) is 1.99. The van der Waals surface area contributed by atoms with Crippen LogP contribution in [0.15, 0.2) is 48.5 Å². The molecule has 1 heterocycles. The minimum atomic E-state index is -0.828. The number of aliphatic carboxylic acids is 1. The fourth-order valence-electron chi connectivity index (χ4n) is 2.67. The minimum Gasteiger partial charge on any atom is -0.497 e. The van der Waals surface area contributed by atoms with Crippen LogP contribution in [-0.4, -0.2) is 18.2 Å². The molecule has 2 aromatic rings. The number of nitrogens with zero attached hydrogens (tertiary/aromatic N) is 1. The van der Waals surface area contributed by atoms with Gasteiger partial charge in [0.05, 0.1) is 7.11 Å². The molecule has 1 N–H and O–H groups in total. The molecule has 0 radical (unpaired) electrons. The van der Waals surface area contributed by atoms with E-state index in [0.29, 0.717) is 6.54 Å². The van der Waals surface area contributed by atoms with Gasteiger partial charge in [-0.25, -0.2) is 4.79 Å². The first-order chi connectivity index (χ1) is 9.70. The molecule has 4 heteroatoms. The van der Waals surface area contributed by atoms with E-state index in [1.807, 2.05) is 53.4 Å². The van der Waals surface area contributed by atoms with Crippen molar-refractivity contribution < 1.29 is 14.6 Å². The summed E-state index contributed by atoms with van der Waals surface area (Å²) in [6.45, 7) is 0.611. The molecule has 20 heavy (non-hydrogen) atoms. The number of rotatable bonds is 3. The molecular weight excluding hydrogens is 254 g/mol. The zero-order chi connectivity index (χ0) is 14.1. The summed E-state index contributed by atoms with van der Waals surface area (Å²) < 4.78 is 5.13. The standard InChI is InChI=1S/C16H15NO3/c1-20-13-8-6-12(7-9-13)17-10-11-4-2-3-5-14(11)15(17)16(18)19/h2-9,15H,10H2,1H3,(H,18,19). The van der Waals surface area contributed by atoms with Crippen molar-refractivity contribution >= 4 is 11.7 Å². The number of carbonyl (C=O) groups is 1. The first-order valence-corrected chi connectivity index (χ1v) is 6.42. The number of anilines is 1. The summed E-state index contributed by atoms with van der Waals surface area (Å²) in [5, 5.41) is 9.53. The summed E-state index contributed by atoms with van der Waals surface area (Å²) in [4.78, 5) is 13.5. The molecule has 4 nitrogen and oxygen atoms in total. The smallest absolute Gasteiger partial charge is 0.331 e. The molecule has 0 saturated heterocycles. The minimum absolute atomic E-state index is 0.611. The van der Waals surface area contributed by atoms with Gasteiger partial charge in [-0.15, -0.1) is 0 Å². The second-order valence-electron chi connectivity index (χ2n) is 4.77. The molecule has 3 rings (SSSR count). The summed E-state index contributed by atoms with van der Waals surface area (Å²) >= 11 is 0. The number of hydrogen-bond acceptors (Lipinski definition) is 3. The molecule has 1 unspecified atom stereocenters. The topological polar surface area (TPSA) is 49.8 Å². The summed E-state index contributed by atoms with van der Waals surface area (Å²) in [6.07, 6.45) is 0. The highest BCUT2D eigenvalue weighted by Crippen LogP contribution is 2.37. The van der Waals surface area contributed by atoms with Crippen molar-refractivity contribution in [2.24, 2.45) is 0 Å². The van der Waals surface area contributed by atoms with Gasteiger partial charge >= 0.3 is 5.97 Å². The lowest BCUT2D eigenvalue weighted by molar-refractivity contribution is -0.138. The van der Waals surface area contributed by atoms with Crippen molar-refractivity contribution in [2.75, 3.05) is 12.0 Å².